The summed E-state index contributed by atoms with van der Waals surface area (Å²) in [7, 11) is 0. The molecule has 19 heavy (non-hydrogen) atoms. The van der Waals surface area contributed by atoms with Gasteiger partial charge in [0.25, 0.3) is 0 Å². The molecule has 2 aliphatic heterocycles. The van der Waals surface area contributed by atoms with Gasteiger partial charge in [-0.05, 0) is 18.1 Å². The van der Waals surface area contributed by atoms with E-state index in [1.54, 1.807) is 6.08 Å². The number of carbonyl (C=O) groups excluding carboxylic acids is 1. The van der Waals surface area contributed by atoms with E-state index < -0.39 is 0 Å². The largest absolute Gasteiger partial charge is 0.454 e. The third-order valence-electron chi connectivity index (χ3n) is 3.40. The quantitative estimate of drug-likeness (QED) is 0.614. The van der Waals surface area contributed by atoms with Gasteiger partial charge in [-0.15, -0.1) is 0 Å². The van der Waals surface area contributed by atoms with Crippen molar-refractivity contribution in [3.63, 3.8) is 0 Å². The Balaban J connectivity index is 1.55. The molecule has 0 bridgehead atoms. The number of carbonyl (C=O) groups is 1. The summed E-state index contributed by atoms with van der Waals surface area (Å²) >= 11 is 0. The molecule has 0 radical (unpaired) electrons. The molecule has 2 fully saturated rings. The molecule has 2 aliphatic rings. The normalized spacial score (nSPS) is 29.6. The number of hydrogen-bond acceptors (Lipinski definition) is 4. The Bertz CT molecular complexity index is 468. The van der Waals surface area contributed by atoms with Gasteiger partial charge in [-0.25, -0.2) is 4.79 Å². The second-order valence-electron chi connectivity index (χ2n) is 4.72. The number of fused-ring (bicyclic) bond motifs is 1. The Morgan fingerprint density at radius 1 is 1.26 bits per heavy atom. The number of ether oxygens (including phenoxy) is 3. The minimum Gasteiger partial charge on any atom is -0.454 e. The van der Waals surface area contributed by atoms with E-state index in [1.165, 1.54) is 6.08 Å². The van der Waals surface area contributed by atoms with Crippen LogP contribution in [0.25, 0.3) is 6.08 Å². The van der Waals surface area contributed by atoms with Crippen LogP contribution in [0.5, 0.6) is 0 Å². The van der Waals surface area contributed by atoms with Gasteiger partial charge in [-0.3, -0.25) is 0 Å². The first-order valence-corrected chi connectivity index (χ1v) is 6.50. The molecule has 4 nitrogen and oxygen atoms in total. The van der Waals surface area contributed by atoms with Gasteiger partial charge in [0, 0.05) is 12.7 Å². The highest BCUT2D eigenvalue weighted by Crippen LogP contribution is 2.28. The fourth-order valence-corrected chi connectivity index (χ4v) is 2.45. The Hall–Kier alpha value is -1.65. The van der Waals surface area contributed by atoms with Crippen LogP contribution >= 0.6 is 0 Å². The summed E-state index contributed by atoms with van der Waals surface area (Å²) in [5.41, 5.74) is 0.970. The predicted molar refractivity (Wildman–Crippen MR) is 69.5 cm³/mol. The zero-order chi connectivity index (χ0) is 13.1. The van der Waals surface area contributed by atoms with E-state index in [9.17, 15) is 4.79 Å². The molecule has 2 saturated heterocycles. The monoisotopic (exact) mass is 260 g/mol. The average Bonchev–Trinajstić information content (AvgIpc) is 3.03. The molecule has 100 valence electrons. The van der Waals surface area contributed by atoms with Crippen LogP contribution in [0.15, 0.2) is 36.4 Å². The highest BCUT2D eigenvalue weighted by molar-refractivity contribution is 5.87. The van der Waals surface area contributed by atoms with E-state index in [0.29, 0.717) is 13.2 Å². The van der Waals surface area contributed by atoms with Gasteiger partial charge in [0.1, 0.15) is 6.10 Å². The van der Waals surface area contributed by atoms with Crippen LogP contribution < -0.4 is 0 Å². The SMILES string of the molecule is O=C(/C=C/c1ccccc1)OC1CO[C@@H]2CCO[C@H]12. The van der Waals surface area contributed by atoms with Crippen molar-refractivity contribution in [3.05, 3.63) is 42.0 Å². The summed E-state index contributed by atoms with van der Waals surface area (Å²) in [5, 5.41) is 0. The van der Waals surface area contributed by atoms with E-state index in [0.717, 1.165) is 12.0 Å². The molecule has 0 spiro atoms. The van der Waals surface area contributed by atoms with Crippen molar-refractivity contribution in [3.8, 4) is 0 Å². The summed E-state index contributed by atoms with van der Waals surface area (Å²) in [6.07, 6.45) is 3.80. The molecule has 2 heterocycles. The summed E-state index contributed by atoms with van der Waals surface area (Å²) in [6, 6.07) is 9.64. The summed E-state index contributed by atoms with van der Waals surface area (Å²) in [4.78, 5) is 11.7. The second kappa shape index (κ2) is 5.55. The fourth-order valence-electron chi connectivity index (χ4n) is 2.45. The molecule has 1 unspecified atom stereocenters. The zero-order valence-corrected chi connectivity index (χ0v) is 10.5. The number of esters is 1. The molecule has 0 N–H and O–H groups in total. The van der Waals surface area contributed by atoms with Crippen molar-refractivity contribution in [2.45, 2.75) is 24.7 Å². The molecule has 3 rings (SSSR count). The molecule has 1 aromatic carbocycles. The minimum atomic E-state index is -0.353. The first-order chi connectivity index (χ1) is 9.33. The van der Waals surface area contributed by atoms with E-state index in [-0.39, 0.29) is 24.3 Å². The van der Waals surface area contributed by atoms with Crippen molar-refractivity contribution >= 4 is 12.0 Å². The van der Waals surface area contributed by atoms with Crippen molar-refractivity contribution in [1.82, 2.24) is 0 Å². The van der Waals surface area contributed by atoms with E-state index in [1.807, 2.05) is 30.3 Å². The second-order valence-corrected chi connectivity index (χ2v) is 4.72. The van der Waals surface area contributed by atoms with Crippen molar-refractivity contribution in [2.75, 3.05) is 13.2 Å². The van der Waals surface area contributed by atoms with E-state index >= 15 is 0 Å². The standard InChI is InChI=1S/C15H16O4/c16-14(7-6-11-4-2-1-3-5-11)19-13-10-18-12-8-9-17-15(12)13/h1-7,12-13,15H,8-10H2/b7-6+/t12-,13?,15+/m1/s1. The molecule has 0 amide bonds. The predicted octanol–water partition coefficient (Wildman–Crippen LogP) is 1.80. The van der Waals surface area contributed by atoms with Gasteiger partial charge in [0.2, 0.25) is 0 Å². The number of rotatable bonds is 3. The topological polar surface area (TPSA) is 44.8 Å². The first-order valence-electron chi connectivity index (χ1n) is 6.50. The van der Waals surface area contributed by atoms with Gasteiger partial charge in [0.05, 0.1) is 12.7 Å². The molecule has 4 heteroatoms. The lowest BCUT2D eigenvalue weighted by Crippen LogP contribution is -2.31. The van der Waals surface area contributed by atoms with Crippen LogP contribution in [0.4, 0.5) is 0 Å². The van der Waals surface area contributed by atoms with Gasteiger partial charge in [-0.1, -0.05) is 30.3 Å². The summed E-state index contributed by atoms with van der Waals surface area (Å²) < 4.78 is 16.4. The Kier molecular flexibility index (Phi) is 3.62. The van der Waals surface area contributed by atoms with Gasteiger partial charge in [-0.2, -0.15) is 0 Å². The first kappa shape index (κ1) is 12.4. The van der Waals surface area contributed by atoms with Gasteiger partial charge >= 0.3 is 5.97 Å². The maximum Gasteiger partial charge on any atom is 0.331 e. The molecular weight excluding hydrogens is 244 g/mol. The summed E-state index contributed by atoms with van der Waals surface area (Å²) in [5.74, 6) is -0.353. The highest BCUT2D eigenvalue weighted by Gasteiger charge is 2.43. The Morgan fingerprint density at radius 2 is 2.11 bits per heavy atom. The molecular formula is C15H16O4. The average molecular weight is 260 g/mol. The van der Waals surface area contributed by atoms with Crippen LogP contribution in [0.3, 0.4) is 0 Å². The van der Waals surface area contributed by atoms with Crippen LogP contribution in [-0.2, 0) is 19.0 Å². The molecule has 0 aliphatic carbocycles. The smallest absolute Gasteiger partial charge is 0.331 e. The van der Waals surface area contributed by atoms with Crippen LogP contribution in [0, 0.1) is 0 Å². The molecule has 1 aromatic rings. The maximum atomic E-state index is 11.7. The van der Waals surface area contributed by atoms with Crippen LogP contribution in [0.2, 0.25) is 0 Å². The minimum absolute atomic E-state index is 0.0888. The number of benzene rings is 1. The third-order valence-corrected chi connectivity index (χ3v) is 3.40. The summed E-state index contributed by atoms with van der Waals surface area (Å²) in [6.45, 7) is 1.11. The van der Waals surface area contributed by atoms with Crippen LogP contribution in [0.1, 0.15) is 12.0 Å². The van der Waals surface area contributed by atoms with E-state index in [4.69, 9.17) is 14.2 Å². The molecule has 3 atom stereocenters. The lowest BCUT2D eigenvalue weighted by atomic mass is 10.1. The zero-order valence-electron chi connectivity index (χ0n) is 10.5. The Morgan fingerprint density at radius 3 is 2.95 bits per heavy atom. The fraction of sp³-hybridized carbons (Fsp3) is 0.400. The van der Waals surface area contributed by atoms with Crippen LogP contribution in [-0.4, -0.2) is 37.5 Å². The maximum absolute atomic E-state index is 11.7. The Labute approximate surface area is 112 Å². The van der Waals surface area contributed by atoms with Crippen molar-refractivity contribution in [2.24, 2.45) is 0 Å². The van der Waals surface area contributed by atoms with Crippen molar-refractivity contribution in [1.29, 1.82) is 0 Å². The lowest BCUT2D eigenvalue weighted by molar-refractivity contribution is -0.147. The third kappa shape index (κ3) is 2.85. The molecule has 0 saturated carbocycles. The van der Waals surface area contributed by atoms with E-state index in [2.05, 4.69) is 0 Å². The van der Waals surface area contributed by atoms with Gasteiger partial charge in [0.15, 0.2) is 6.10 Å². The lowest BCUT2D eigenvalue weighted by Gasteiger charge is -2.15. The molecule has 0 aromatic heterocycles. The highest BCUT2D eigenvalue weighted by atomic mass is 16.6. The van der Waals surface area contributed by atoms with Gasteiger partial charge < -0.3 is 14.2 Å². The van der Waals surface area contributed by atoms with Crippen molar-refractivity contribution < 1.29 is 19.0 Å². The number of hydrogen-bond donors (Lipinski definition) is 0.